The van der Waals surface area contributed by atoms with E-state index in [2.05, 4.69) is 0 Å². The molecule has 1 aliphatic rings. The molecule has 176 valence electrons. The van der Waals surface area contributed by atoms with Gasteiger partial charge in [-0.25, -0.2) is 0 Å². The Bertz CT molecular complexity index is 1320. The third-order valence-corrected chi connectivity index (χ3v) is 6.13. The van der Waals surface area contributed by atoms with Gasteiger partial charge in [0.2, 0.25) is 0 Å². The van der Waals surface area contributed by atoms with Crippen LogP contribution in [0.1, 0.15) is 48.1 Å². The van der Waals surface area contributed by atoms with Gasteiger partial charge in [0.1, 0.15) is 29.1 Å². The number of benzene rings is 2. The second-order valence-corrected chi connectivity index (χ2v) is 9.11. The smallest absolute Gasteiger partial charge is 0.300 e. The summed E-state index contributed by atoms with van der Waals surface area (Å²) in [5, 5.41) is 11.7. The van der Waals surface area contributed by atoms with Crippen molar-refractivity contribution >= 4 is 34.7 Å². The van der Waals surface area contributed by atoms with E-state index in [-0.39, 0.29) is 17.4 Å². The molecule has 2 aromatic carbocycles. The highest BCUT2D eigenvalue weighted by atomic mass is 35.5. The third-order valence-electron chi connectivity index (χ3n) is 5.72. The molecule has 1 fully saturated rings. The number of anilines is 1. The van der Waals surface area contributed by atoms with Gasteiger partial charge >= 0.3 is 0 Å². The molecule has 6 nitrogen and oxygen atoms in total. The Morgan fingerprint density at radius 3 is 2.35 bits per heavy atom. The summed E-state index contributed by atoms with van der Waals surface area (Å²) in [7, 11) is 0. The van der Waals surface area contributed by atoms with Crippen molar-refractivity contribution in [3.63, 3.8) is 0 Å². The minimum absolute atomic E-state index is 0.00741. The van der Waals surface area contributed by atoms with E-state index >= 15 is 0 Å². The van der Waals surface area contributed by atoms with Crippen LogP contribution in [-0.4, -0.2) is 22.9 Å². The van der Waals surface area contributed by atoms with Crippen molar-refractivity contribution < 1.29 is 23.8 Å². The first-order valence-corrected chi connectivity index (χ1v) is 11.4. The minimum atomic E-state index is -0.945. The molecule has 1 amide bonds. The molecule has 1 saturated heterocycles. The zero-order chi connectivity index (χ0) is 24.7. The quantitative estimate of drug-likeness (QED) is 0.265. The fraction of sp³-hybridized carbons (Fsp3) is 0.259. The van der Waals surface area contributed by atoms with Crippen LogP contribution in [0.2, 0.25) is 5.02 Å². The van der Waals surface area contributed by atoms with Gasteiger partial charge in [0.25, 0.3) is 11.7 Å². The van der Waals surface area contributed by atoms with Gasteiger partial charge in [0, 0.05) is 16.3 Å². The lowest BCUT2D eigenvalue weighted by molar-refractivity contribution is -0.132. The van der Waals surface area contributed by atoms with Gasteiger partial charge in [-0.05, 0) is 88.2 Å². The zero-order valence-electron chi connectivity index (χ0n) is 19.7. The Hall–Kier alpha value is -3.51. The maximum absolute atomic E-state index is 13.2. The summed E-state index contributed by atoms with van der Waals surface area (Å²) in [5.41, 5.74) is 2.43. The number of amides is 1. The lowest BCUT2D eigenvalue weighted by Gasteiger charge is -2.24. The number of Topliss-reactive ketones (excluding diaryl/α,β-unsaturated/α-hetero) is 1. The maximum Gasteiger partial charge on any atom is 0.300 e. The van der Waals surface area contributed by atoms with Crippen LogP contribution >= 0.6 is 11.6 Å². The summed E-state index contributed by atoms with van der Waals surface area (Å²) >= 11 is 6.32. The van der Waals surface area contributed by atoms with E-state index in [0.717, 1.165) is 11.1 Å². The number of carbonyl (C=O) groups is 2. The average molecular weight is 480 g/mol. The van der Waals surface area contributed by atoms with Gasteiger partial charge in [-0.3, -0.25) is 14.5 Å². The number of rotatable bonds is 5. The van der Waals surface area contributed by atoms with Crippen molar-refractivity contribution in [2.45, 2.75) is 46.8 Å². The van der Waals surface area contributed by atoms with Crippen LogP contribution in [-0.2, 0) is 9.59 Å². The Labute approximate surface area is 203 Å². The molecule has 0 aliphatic carbocycles. The van der Waals surface area contributed by atoms with Gasteiger partial charge in [-0.1, -0.05) is 17.7 Å². The van der Waals surface area contributed by atoms with Crippen LogP contribution in [0.5, 0.6) is 5.75 Å². The molecule has 1 atom stereocenters. The molecule has 0 saturated carbocycles. The number of nitrogens with zero attached hydrogens (tertiary/aromatic N) is 1. The van der Waals surface area contributed by atoms with Crippen LogP contribution in [0.4, 0.5) is 5.69 Å². The predicted octanol–water partition coefficient (Wildman–Crippen LogP) is 6.27. The highest BCUT2D eigenvalue weighted by Crippen LogP contribution is 2.43. The van der Waals surface area contributed by atoms with Crippen molar-refractivity contribution in [3.05, 3.63) is 87.3 Å². The van der Waals surface area contributed by atoms with Crippen molar-refractivity contribution in [1.29, 1.82) is 0 Å². The number of ether oxygens (including phenoxy) is 1. The molecule has 0 bridgehead atoms. The zero-order valence-corrected chi connectivity index (χ0v) is 20.4. The van der Waals surface area contributed by atoms with Gasteiger partial charge < -0.3 is 14.3 Å². The highest BCUT2D eigenvalue weighted by Gasteiger charge is 2.48. The summed E-state index contributed by atoms with van der Waals surface area (Å²) in [4.78, 5) is 27.8. The van der Waals surface area contributed by atoms with Crippen LogP contribution in [0, 0.1) is 20.8 Å². The largest absolute Gasteiger partial charge is 0.507 e. The molecule has 1 aromatic heterocycles. The number of furan rings is 1. The van der Waals surface area contributed by atoms with E-state index in [1.165, 1.54) is 4.90 Å². The molecular formula is C27H26ClNO5. The molecule has 3 aromatic rings. The second-order valence-electron chi connectivity index (χ2n) is 8.70. The number of hydrogen-bond acceptors (Lipinski definition) is 5. The molecule has 4 rings (SSSR count). The normalized spacial score (nSPS) is 17.6. The summed E-state index contributed by atoms with van der Waals surface area (Å²) < 4.78 is 11.6. The number of aliphatic hydroxyl groups excluding tert-OH is 1. The van der Waals surface area contributed by atoms with Gasteiger partial charge in [0.05, 0.1) is 11.7 Å². The van der Waals surface area contributed by atoms with Crippen molar-refractivity contribution in [2.75, 3.05) is 4.90 Å². The Balaban J connectivity index is 1.88. The lowest BCUT2D eigenvalue weighted by Crippen LogP contribution is -2.29. The molecular weight excluding hydrogens is 454 g/mol. The average Bonchev–Trinajstić information content (AvgIpc) is 3.32. The van der Waals surface area contributed by atoms with Crippen LogP contribution in [0.15, 0.2) is 58.5 Å². The van der Waals surface area contributed by atoms with E-state index in [4.69, 9.17) is 20.8 Å². The second kappa shape index (κ2) is 9.03. The number of carbonyl (C=O) groups excluding carboxylic acids is 2. The molecule has 1 unspecified atom stereocenters. The Morgan fingerprint density at radius 1 is 1.03 bits per heavy atom. The van der Waals surface area contributed by atoms with Crippen LogP contribution in [0.3, 0.4) is 0 Å². The SMILES string of the molecule is Cc1ccc(C2/C(=C(/O)c3ccc(OC(C)C)c(C)c3)C(=O)C(=O)N2c2ccc(C)c(Cl)c2)o1. The molecule has 0 radical (unpaired) electrons. The Kier molecular flexibility index (Phi) is 6.28. The van der Waals surface area contributed by atoms with Crippen LogP contribution in [0.25, 0.3) is 5.76 Å². The third kappa shape index (κ3) is 4.21. The summed E-state index contributed by atoms with van der Waals surface area (Å²) in [5.74, 6) is -0.178. The number of ketones is 1. The van der Waals surface area contributed by atoms with Gasteiger partial charge in [-0.15, -0.1) is 0 Å². The number of halogens is 1. The van der Waals surface area contributed by atoms with Crippen molar-refractivity contribution in [1.82, 2.24) is 0 Å². The summed E-state index contributed by atoms with van der Waals surface area (Å²) in [6.07, 6.45) is -0.00741. The van der Waals surface area contributed by atoms with Gasteiger partial charge in [-0.2, -0.15) is 0 Å². The monoisotopic (exact) mass is 479 g/mol. The standard InChI is InChI=1S/C27H26ClNO5/c1-14(2)33-21-11-8-18(12-16(21)4)25(30)23-24(22-10-7-17(5)34-22)29(27(32)26(23)31)19-9-6-15(3)20(28)13-19/h6-14,24,30H,1-5H3/b25-23-. The lowest BCUT2D eigenvalue weighted by atomic mass is 9.98. The van der Waals surface area contributed by atoms with E-state index < -0.39 is 17.7 Å². The predicted molar refractivity (Wildman–Crippen MR) is 131 cm³/mol. The summed E-state index contributed by atoms with van der Waals surface area (Å²) in [6.45, 7) is 9.33. The molecule has 0 spiro atoms. The first-order valence-electron chi connectivity index (χ1n) is 11.0. The molecule has 7 heteroatoms. The topological polar surface area (TPSA) is 80.0 Å². The first-order chi connectivity index (χ1) is 16.1. The molecule has 2 heterocycles. The highest BCUT2D eigenvalue weighted by molar-refractivity contribution is 6.51. The van der Waals surface area contributed by atoms with Gasteiger partial charge in [0.15, 0.2) is 0 Å². The molecule has 1 aliphatic heterocycles. The minimum Gasteiger partial charge on any atom is -0.507 e. The van der Waals surface area contributed by atoms with Crippen molar-refractivity contribution in [2.24, 2.45) is 0 Å². The number of aryl methyl sites for hydroxylation is 3. The van der Waals surface area contributed by atoms with E-state index in [1.807, 2.05) is 27.7 Å². The fourth-order valence-corrected chi connectivity index (χ4v) is 4.21. The van der Waals surface area contributed by atoms with E-state index in [9.17, 15) is 14.7 Å². The van der Waals surface area contributed by atoms with Crippen molar-refractivity contribution in [3.8, 4) is 5.75 Å². The fourth-order valence-electron chi connectivity index (χ4n) is 4.04. The Morgan fingerprint density at radius 2 is 1.76 bits per heavy atom. The molecule has 1 N–H and O–H groups in total. The summed E-state index contributed by atoms with van der Waals surface area (Å²) in [6, 6.07) is 12.8. The number of hydrogen-bond donors (Lipinski definition) is 1. The van der Waals surface area contributed by atoms with E-state index in [0.29, 0.717) is 33.5 Å². The maximum atomic E-state index is 13.2. The first kappa shape index (κ1) is 23.6. The van der Waals surface area contributed by atoms with E-state index in [1.54, 1.807) is 55.5 Å². The number of aliphatic hydroxyl groups is 1. The van der Waals surface area contributed by atoms with Crippen LogP contribution < -0.4 is 9.64 Å². The molecule has 34 heavy (non-hydrogen) atoms.